The third kappa shape index (κ3) is 3.19. The van der Waals surface area contributed by atoms with Crippen LogP contribution in [0.2, 0.25) is 5.28 Å². The number of aromatic nitrogens is 2. The second kappa shape index (κ2) is 6.05. The summed E-state index contributed by atoms with van der Waals surface area (Å²) in [5.74, 6) is 0.773. The van der Waals surface area contributed by atoms with Crippen LogP contribution in [0.15, 0.2) is 6.07 Å². The molecule has 0 bridgehead atoms. The van der Waals surface area contributed by atoms with Gasteiger partial charge in [-0.2, -0.15) is 0 Å². The molecule has 1 aromatic rings. The Bertz CT molecular complexity index is 485. The first-order chi connectivity index (χ1) is 9.32. The third-order valence-corrected chi connectivity index (χ3v) is 5.50. The van der Waals surface area contributed by atoms with Crippen LogP contribution in [0.3, 0.4) is 0 Å². The number of hydrogen-bond donors (Lipinski definition) is 0. The van der Waals surface area contributed by atoms with Gasteiger partial charge in [0.15, 0.2) is 4.75 Å². The second-order valence-corrected chi connectivity index (χ2v) is 7.73. The molecule has 1 aliphatic heterocycles. The fourth-order valence-corrected chi connectivity index (χ4v) is 2.65. The van der Waals surface area contributed by atoms with Gasteiger partial charge in [0.1, 0.15) is 11.5 Å². The highest BCUT2D eigenvalue weighted by atomic mass is 35.5. The van der Waals surface area contributed by atoms with Gasteiger partial charge < -0.3 is 14.2 Å². The molecule has 1 saturated heterocycles. The van der Waals surface area contributed by atoms with Crippen molar-refractivity contribution in [2.75, 3.05) is 30.9 Å². The van der Waals surface area contributed by atoms with E-state index in [-0.39, 0.29) is 11.3 Å². The van der Waals surface area contributed by atoms with Crippen LogP contribution in [0.5, 0.6) is 0 Å². The normalized spacial score (nSPS) is 21.9. The zero-order valence-corrected chi connectivity index (χ0v) is 13.8. The van der Waals surface area contributed by atoms with Crippen LogP contribution in [-0.4, -0.2) is 46.6 Å². The molecule has 7 heteroatoms. The molecule has 2 rings (SSSR count). The van der Waals surface area contributed by atoms with Gasteiger partial charge in [-0.05, 0) is 43.5 Å². The molecule has 0 N–H and O–H groups in total. The topological polar surface area (TPSA) is 61.3 Å². The maximum atomic E-state index is 11.9. The second-order valence-electron chi connectivity index (χ2n) is 5.46. The van der Waals surface area contributed by atoms with E-state index in [0.29, 0.717) is 18.9 Å². The molecule has 2 atom stereocenters. The van der Waals surface area contributed by atoms with E-state index < -0.39 is 15.9 Å². The van der Waals surface area contributed by atoms with Crippen molar-refractivity contribution in [2.45, 2.75) is 31.6 Å². The van der Waals surface area contributed by atoms with E-state index in [9.17, 15) is 4.55 Å². The molecule has 0 aliphatic carbocycles. The number of hydrogen-bond acceptors (Lipinski definition) is 5. The van der Waals surface area contributed by atoms with Gasteiger partial charge in [0, 0.05) is 12.6 Å². The molecular formula is C13H20ClN3O2S. The van der Waals surface area contributed by atoms with Gasteiger partial charge in [0.2, 0.25) is 5.28 Å². The molecule has 1 aromatic heterocycles. The molecule has 20 heavy (non-hydrogen) atoms. The van der Waals surface area contributed by atoms with E-state index in [1.807, 2.05) is 19.9 Å². The van der Waals surface area contributed by atoms with Crippen molar-refractivity contribution in [3.8, 4) is 0 Å². The number of ether oxygens (including phenoxy) is 1. The van der Waals surface area contributed by atoms with Crippen molar-refractivity contribution in [2.24, 2.45) is 0 Å². The molecule has 112 valence electrons. The van der Waals surface area contributed by atoms with Crippen LogP contribution in [0.25, 0.3) is 0 Å². The minimum atomic E-state index is -1.05. The molecule has 2 heterocycles. The Morgan fingerprint density at radius 1 is 1.50 bits per heavy atom. The lowest BCUT2D eigenvalue weighted by Gasteiger charge is -2.35. The number of halogens is 1. The molecule has 0 aromatic carbocycles. The minimum absolute atomic E-state index is 0.190. The number of anilines is 1. The third-order valence-electron chi connectivity index (χ3n) is 3.68. The van der Waals surface area contributed by atoms with Gasteiger partial charge in [-0.15, -0.1) is 0 Å². The van der Waals surface area contributed by atoms with Gasteiger partial charge in [0.25, 0.3) is 0 Å². The molecule has 1 fully saturated rings. The molecule has 5 nitrogen and oxygen atoms in total. The standard InChI is InChI=1S/C13H20ClN3O2S/c1-9-8-19-6-5-17(9)11-7-10(15-12(14)16-11)13(2,3)20(4)18/h7,9H,5-6,8H2,1-4H3/t9-,20?/m1/s1. The van der Waals surface area contributed by atoms with Crippen LogP contribution in [0.1, 0.15) is 26.5 Å². The largest absolute Gasteiger partial charge is 0.616 e. The van der Waals surface area contributed by atoms with Crippen LogP contribution < -0.4 is 4.90 Å². The van der Waals surface area contributed by atoms with Crippen molar-refractivity contribution in [3.63, 3.8) is 0 Å². The molecule has 0 radical (unpaired) electrons. The van der Waals surface area contributed by atoms with Crippen LogP contribution in [0, 0.1) is 0 Å². The summed E-state index contributed by atoms with van der Waals surface area (Å²) in [6.45, 7) is 7.98. The summed E-state index contributed by atoms with van der Waals surface area (Å²) in [7, 11) is 0. The SMILES string of the molecule is C[C@@H]1COCCN1c1cc(C(C)(C)[S+](C)[O-])nc(Cl)n1. The smallest absolute Gasteiger partial charge is 0.224 e. The monoisotopic (exact) mass is 317 g/mol. The number of rotatable bonds is 3. The maximum Gasteiger partial charge on any atom is 0.224 e. The lowest BCUT2D eigenvalue weighted by Crippen LogP contribution is -2.44. The predicted octanol–water partition coefficient (Wildman–Crippen LogP) is 1.97. The van der Waals surface area contributed by atoms with E-state index in [0.717, 1.165) is 12.4 Å². The Hall–Kier alpha value is -0.560. The first kappa shape index (κ1) is 15.8. The Morgan fingerprint density at radius 3 is 2.80 bits per heavy atom. The lowest BCUT2D eigenvalue weighted by molar-refractivity contribution is 0.0985. The van der Waals surface area contributed by atoms with Crippen LogP contribution in [-0.2, 0) is 20.7 Å². The first-order valence-electron chi connectivity index (χ1n) is 6.55. The summed E-state index contributed by atoms with van der Waals surface area (Å²) in [6.07, 6.45) is 1.67. The Morgan fingerprint density at radius 2 is 2.20 bits per heavy atom. The first-order valence-corrected chi connectivity index (χ1v) is 8.49. The quantitative estimate of drug-likeness (QED) is 0.630. The average molecular weight is 318 g/mol. The highest BCUT2D eigenvalue weighted by Gasteiger charge is 2.34. The van der Waals surface area contributed by atoms with Crippen LogP contribution in [0.4, 0.5) is 5.82 Å². The van der Waals surface area contributed by atoms with Gasteiger partial charge in [-0.25, -0.2) is 9.97 Å². The Kier molecular flexibility index (Phi) is 4.79. The fourth-order valence-electron chi connectivity index (χ4n) is 2.08. The Balaban J connectivity index is 2.38. The van der Waals surface area contributed by atoms with Crippen molar-refractivity contribution in [1.82, 2.24) is 9.97 Å². The zero-order chi connectivity index (χ0) is 14.9. The molecule has 0 amide bonds. The number of nitrogens with zero attached hydrogens (tertiary/aromatic N) is 3. The number of morpholine rings is 1. The summed E-state index contributed by atoms with van der Waals surface area (Å²) >= 11 is 5.00. The summed E-state index contributed by atoms with van der Waals surface area (Å²) in [5.41, 5.74) is 0.701. The van der Waals surface area contributed by atoms with Crippen molar-refractivity contribution in [1.29, 1.82) is 0 Å². The highest BCUT2D eigenvalue weighted by molar-refractivity contribution is 7.91. The van der Waals surface area contributed by atoms with Gasteiger partial charge in [0.05, 0.1) is 25.5 Å². The maximum absolute atomic E-state index is 11.9. The molecule has 0 saturated carbocycles. The van der Waals surface area contributed by atoms with Crippen molar-refractivity contribution in [3.05, 3.63) is 17.0 Å². The summed E-state index contributed by atoms with van der Waals surface area (Å²) in [4.78, 5) is 10.7. The Labute approximate surface area is 127 Å². The summed E-state index contributed by atoms with van der Waals surface area (Å²) in [6, 6.07) is 2.12. The van der Waals surface area contributed by atoms with Gasteiger partial charge >= 0.3 is 0 Å². The summed E-state index contributed by atoms with van der Waals surface area (Å²) in [5, 5.41) is 0.190. The molecular weight excluding hydrogens is 298 g/mol. The molecule has 1 unspecified atom stereocenters. The minimum Gasteiger partial charge on any atom is -0.616 e. The highest BCUT2D eigenvalue weighted by Crippen LogP contribution is 2.31. The molecule has 0 spiro atoms. The predicted molar refractivity (Wildman–Crippen MR) is 81.8 cm³/mol. The van der Waals surface area contributed by atoms with E-state index in [1.165, 1.54) is 0 Å². The fraction of sp³-hybridized carbons (Fsp3) is 0.692. The van der Waals surface area contributed by atoms with E-state index >= 15 is 0 Å². The average Bonchev–Trinajstić information content (AvgIpc) is 2.38. The summed E-state index contributed by atoms with van der Waals surface area (Å²) < 4.78 is 16.8. The van der Waals surface area contributed by atoms with E-state index in [1.54, 1.807) is 6.26 Å². The van der Waals surface area contributed by atoms with E-state index in [2.05, 4.69) is 21.8 Å². The zero-order valence-electron chi connectivity index (χ0n) is 12.2. The van der Waals surface area contributed by atoms with Crippen LogP contribution >= 0.6 is 11.6 Å². The molecule has 1 aliphatic rings. The van der Waals surface area contributed by atoms with Crippen molar-refractivity contribution >= 4 is 28.6 Å². The van der Waals surface area contributed by atoms with Crippen molar-refractivity contribution < 1.29 is 9.29 Å². The van der Waals surface area contributed by atoms with Gasteiger partial charge in [-0.3, -0.25) is 0 Å². The lowest BCUT2D eigenvalue weighted by atomic mass is 10.1. The van der Waals surface area contributed by atoms with E-state index in [4.69, 9.17) is 16.3 Å². The van der Waals surface area contributed by atoms with Gasteiger partial charge in [-0.1, -0.05) is 0 Å².